The zero-order valence-corrected chi connectivity index (χ0v) is 16.1. The molecule has 0 bridgehead atoms. The Morgan fingerprint density at radius 2 is 1.32 bits per heavy atom. The zero-order chi connectivity index (χ0) is 19.9. The molecule has 2 amide bonds. The highest BCUT2D eigenvalue weighted by Gasteiger charge is 2.09. The number of nitrogens with one attached hydrogen (secondary N) is 2. The van der Waals surface area contributed by atoms with Crippen LogP contribution in [-0.2, 0) is 6.54 Å². The molecule has 0 aromatic heterocycles. The van der Waals surface area contributed by atoms with Crippen LogP contribution in [0.15, 0.2) is 78.9 Å². The number of hydrogen-bond donors (Lipinski definition) is 2. The number of anilines is 1. The summed E-state index contributed by atoms with van der Waals surface area (Å²) in [7, 11) is 0. The van der Waals surface area contributed by atoms with Crippen LogP contribution in [0.4, 0.5) is 5.69 Å². The molecule has 4 heteroatoms. The van der Waals surface area contributed by atoms with Crippen LogP contribution >= 0.6 is 0 Å². The molecule has 0 spiro atoms. The van der Waals surface area contributed by atoms with E-state index in [0.717, 1.165) is 11.3 Å². The molecule has 142 valence electrons. The Morgan fingerprint density at radius 3 is 1.89 bits per heavy atom. The first kappa shape index (κ1) is 19.4. The standard InChI is InChI=1S/C24H24N2O2/c1-17(2)19-12-14-22(15-13-19)26-24(28)21-10-8-20(9-11-21)23(27)25-16-18-6-4-3-5-7-18/h3-15,17H,16H2,1-2H3,(H,25,27)(H,26,28). The molecule has 0 saturated heterocycles. The van der Waals surface area contributed by atoms with Gasteiger partial charge in [-0.1, -0.05) is 56.3 Å². The Balaban J connectivity index is 1.58. The lowest BCUT2D eigenvalue weighted by molar-refractivity contribution is 0.0949. The molecule has 0 radical (unpaired) electrons. The summed E-state index contributed by atoms with van der Waals surface area (Å²) in [6.45, 7) is 4.73. The molecule has 2 N–H and O–H groups in total. The van der Waals surface area contributed by atoms with Crippen molar-refractivity contribution in [1.29, 1.82) is 0 Å². The fourth-order valence-corrected chi connectivity index (χ4v) is 2.81. The normalized spacial score (nSPS) is 10.5. The van der Waals surface area contributed by atoms with Gasteiger partial charge in [-0.25, -0.2) is 0 Å². The SMILES string of the molecule is CC(C)c1ccc(NC(=O)c2ccc(C(=O)NCc3ccccc3)cc2)cc1. The molecular weight excluding hydrogens is 348 g/mol. The molecule has 28 heavy (non-hydrogen) atoms. The number of carbonyl (C=O) groups excluding carboxylic acids is 2. The molecule has 0 fully saturated rings. The predicted molar refractivity (Wildman–Crippen MR) is 113 cm³/mol. The highest BCUT2D eigenvalue weighted by molar-refractivity contribution is 6.05. The maximum atomic E-state index is 12.4. The fourth-order valence-electron chi connectivity index (χ4n) is 2.81. The van der Waals surface area contributed by atoms with Crippen molar-refractivity contribution in [2.24, 2.45) is 0 Å². The van der Waals surface area contributed by atoms with Gasteiger partial charge in [0.1, 0.15) is 0 Å². The third-order valence-electron chi connectivity index (χ3n) is 4.54. The van der Waals surface area contributed by atoms with Gasteiger partial charge in [-0.05, 0) is 53.4 Å². The topological polar surface area (TPSA) is 58.2 Å². The number of amides is 2. The Morgan fingerprint density at radius 1 is 0.750 bits per heavy atom. The molecule has 0 aliphatic heterocycles. The van der Waals surface area contributed by atoms with E-state index in [1.165, 1.54) is 5.56 Å². The average Bonchev–Trinajstić information content (AvgIpc) is 2.73. The molecule has 0 aliphatic carbocycles. The van der Waals surface area contributed by atoms with Gasteiger partial charge >= 0.3 is 0 Å². The summed E-state index contributed by atoms with van der Waals surface area (Å²) >= 11 is 0. The van der Waals surface area contributed by atoms with Crippen molar-refractivity contribution in [2.75, 3.05) is 5.32 Å². The largest absolute Gasteiger partial charge is 0.348 e. The van der Waals surface area contributed by atoms with Gasteiger partial charge in [0.2, 0.25) is 0 Å². The summed E-state index contributed by atoms with van der Waals surface area (Å²) in [6.07, 6.45) is 0. The van der Waals surface area contributed by atoms with E-state index in [1.807, 2.05) is 54.6 Å². The first-order valence-electron chi connectivity index (χ1n) is 9.36. The molecule has 0 atom stereocenters. The van der Waals surface area contributed by atoms with E-state index in [0.29, 0.717) is 23.6 Å². The van der Waals surface area contributed by atoms with Crippen molar-refractivity contribution in [3.63, 3.8) is 0 Å². The van der Waals surface area contributed by atoms with Gasteiger partial charge in [0, 0.05) is 23.4 Å². The van der Waals surface area contributed by atoms with Crippen molar-refractivity contribution in [3.8, 4) is 0 Å². The second kappa shape index (κ2) is 9.00. The van der Waals surface area contributed by atoms with Crippen LogP contribution in [0.25, 0.3) is 0 Å². The number of rotatable bonds is 6. The molecule has 3 rings (SSSR count). The summed E-state index contributed by atoms with van der Waals surface area (Å²) in [4.78, 5) is 24.7. The maximum Gasteiger partial charge on any atom is 0.255 e. The highest BCUT2D eigenvalue weighted by Crippen LogP contribution is 2.18. The van der Waals surface area contributed by atoms with E-state index in [1.54, 1.807) is 24.3 Å². The van der Waals surface area contributed by atoms with Crippen LogP contribution < -0.4 is 10.6 Å². The Kier molecular flexibility index (Phi) is 6.22. The maximum absolute atomic E-state index is 12.4. The summed E-state index contributed by atoms with van der Waals surface area (Å²) < 4.78 is 0. The molecular formula is C24H24N2O2. The van der Waals surface area contributed by atoms with Crippen molar-refractivity contribution in [2.45, 2.75) is 26.3 Å². The van der Waals surface area contributed by atoms with Crippen molar-refractivity contribution < 1.29 is 9.59 Å². The van der Waals surface area contributed by atoms with Gasteiger partial charge < -0.3 is 10.6 Å². The monoisotopic (exact) mass is 372 g/mol. The lowest BCUT2D eigenvalue weighted by Gasteiger charge is -2.09. The lowest BCUT2D eigenvalue weighted by atomic mass is 10.0. The van der Waals surface area contributed by atoms with E-state index >= 15 is 0 Å². The van der Waals surface area contributed by atoms with Gasteiger partial charge in [-0.2, -0.15) is 0 Å². The van der Waals surface area contributed by atoms with E-state index in [4.69, 9.17) is 0 Å². The van der Waals surface area contributed by atoms with Gasteiger partial charge in [0.25, 0.3) is 11.8 Å². The third-order valence-corrected chi connectivity index (χ3v) is 4.54. The molecule has 0 heterocycles. The first-order valence-corrected chi connectivity index (χ1v) is 9.36. The second-order valence-electron chi connectivity index (χ2n) is 6.98. The van der Waals surface area contributed by atoms with Crippen molar-refractivity contribution >= 4 is 17.5 Å². The van der Waals surface area contributed by atoms with Crippen molar-refractivity contribution in [3.05, 3.63) is 101 Å². The summed E-state index contributed by atoms with van der Waals surface area (Å²) in [5.41, 5.74) is 4.04. The third kappa shape index (κ3) is 5.07. The molecule has 0 saturated carbocycles. The van der Waals surface area contributed by atoms with Crippen LogP contribution in [0.5, 0.6) is 0 Å². The lowest BCUT2D eigenvalue weighted by Crippen LogP contribution is -2.22. The van der Waals surface area contributed by atoms with Crippen LogP contribution in [0.2, 0.25) is 0 Å². The molecule has 4 nitrogen and oxygen atoms in total. The number of benzene rings is 3. The Hall–Kier alpha value is -3.40. The average molecular weight is 372 g/mol. The minimum Gasteiger partial charge on any atom is -0.348 e. The van der Waals surface area contributed by atoms with Crippen LogP contribution in [0.3, 0.4) is 0 Å². The van der Waals surface area contributed by atoms with Gasteiger partial charge in [0.15, 0.2) is 0 Å². The van der Waals surface area contributed by atoms with Gasteiger partial charge in [-0.3, -0.25) is 9.59 Å². The van der Waals surface area contributed by atoms with Crippen LogP contribution in [0.1, 0.15) is 51.6 Å². The summed E-state index contributed by atoms with van der Waals surface area (Å²) in [5, 5.41) is 5.76. The number of hydrogen-bond acceptors (Lipinski definition) is 2. The van der Waals surface area contributed by atoms with Gasteiger partial charge in [0.05, 0.1) is 0 Å². The molecule has 0 aliphatic rings. The van der Waals surface area contributed by atoms with Crippen LogP contribution in [-0.4, -0.2) is 11.8 Å². The van der Waals surface area contributed by atoms with E-state index in [2.05, 4.69) is 24.5 Å². The van der Waals surface area contributed by atoms with Crippen molar-refractivity contribution in [1.82, 2.24) is 5.32 Å². The Bertz CT molecular complexity index is 931. The fraction of sp³-hybridized carbons (Fsp3) is 0.167. The quantitative estimate of drug-likeness (QED) is 0.640. The molecule has 3 aromatic carbocycles. The minimum absolute atomic E-state index is 0.167. The zero-order valence-electron chi connectivity index (χ0n) is 16.1. The Labute approximate surface area is 165 Å². The molecule has 3 aromatic rings. The van der Waals surface area contributed by atoms with Crippen LogP contribution in [0, 0.1) is 0 Å². The summed E-state index contributed by atoms with van der Waals surface area (Å²) in [6, 6.07) is 24.2. The van der Waals surface area contributed by atoms with E-state index in [-0.39, 0.29) is 11.8 Å². The molecule has 0 unspecified atom stereocenters. The van der Waals surface area contributed by atoms with E-state index in [9.17, 15) is 9.59 Å². The van der Waals surface area contributed by atoms with E-state index < -0.39 is 0 Å². The second-order valence-corrected chi connectivity index (χ2v) is 6.98. The minimum atomic E-state index is -0.200. The highest BCUT2D eigenvalue weighted by atomic mass is 16.2. The van der Waals surface area contributed by atoms with Gasteiger partial charge in [-0.15, -0.1) is 0 Å². The first-order chi connectivity index (χ1) is 13.5. The smallest absolute Gasteiger partial charge is 0.255 e. The predicted octanol–water partition coefficient (Wildman–Crippen LogP) is 4.99. The summed E-state index contributed by atoms with van der Waals surface area (Å²) in [5.74, 6) is 0.0824. The number of carbonyl (C=O) groups is 2.